The highest BCUT2D eigenvalue weighted by atomic mass is 16.5. The molecule has 0 aromatic rings. The Morgan fingerprint density at radius 3 is 2.36 bits per heavy atom. The smallest absolute Gasteiger partial charge is 0.162 e. The molecule has 0 aromatic heterocycles. The van der Waals surface area contributed by atoms with Crippen LogP contribution < -0.4 is 0 Å². The van der Waals surface area contributed by atoms with Gasteiger partial charge in [-0.2, -0.15) is 0 Å². The molecule has 4 N–H and O–H groups in total. The minimum absolute atomic E-state index is 0.114. The van der Waals surface area contributed by atoms with Crippen molar-refractivity contribution in [1.29, 1.82) is 0 Å². The SMILES string of the molecule is OC=C1O[C@H](CO)[C@@H](O)[C@@H]1O. The average molecular weight is 162 g/mol. The molecule has 0 aliphatic carbocycles. The van der Waals surface area contributed by atoms with Crippen molar-refractivity contribution < 1.29 is 25.2 Å². The summed E-state index contributed by atoms with van der Waals surface area (Å²) in [4.78, 5) is 0. The van der Waals surface area contributed by atoms with E-state index in [1.165, 1.54) is 0 Å². The Balaban J connectivity index is 2.68. The van der Waals surface area contributed by atoms with Gasteiger partial charge in [-0.3, -0.25) is 0 Å². The van der Waals surface area contributed by atoms with Crippen LogP contribution >= 0.6 is 0 Å². The monoisotopic (exact) mass is 162 g/mol. The topological polar surface area (TPSA) is 90.2 Å². The van der Waals surface area contributed by atoms with E-state index in [2.05, 4.69) is 0 Å². The van der Waals surface area contributed by atoms with Crippen molar-refractivity contribution in [1.82, 2.24) is 0 Å². The van der Waals surface area contributed by atoms with Crippen LogP contribution in [0.15, 0.2) is 12.0 Å². The Morgan fingerprint density at radius 2 is 2.09 bits per heavy atom. The van der Waals surface area contributed by atoms with Gasteiger partial charge in [0, 0.05) is 0 Å². The molecule has 0 spiro atoms. The number of aliphatic hydroxyl groups excluding tert-OH is 4. The van der Waals surface area contributed by atoms with Gasteiger partial charge in [-0.15, -0.1) is 0 Å². The fraction of sp³-hybridized carbons (Fsp3) is 0.667. The first-order valence-corrected chi connectivity index (χ1v) is 3.18. The summed E-state index contributed by atoms with van der Waals surface area (Å²) in [5, 5.41) is 35.1. The normalized spacial score (nSPS) is 41.0. The molecule has 0 unspecified atom stereocenters. The van der Waals surface area contributed by atoms with Crippen LogP contribution in [0.2, 0.25) is 0 Å². The summed E-state index contributed by atoms with van der Waals surface area (Å²) in [6.07, 6.45) is -2.68. The van der Waals surface area contributed by atoms with Gasteiger partial charge in [-0.25, -0.2) is 0 Å². The van der Waals surface area contributed by atoms with Crippen molar-refractivity contribution in [2.75, 3.05) is 6.61 Å². The van der Waals surface area contributed by atoms with Crippen molar-refractivity contribution in [3.63, 3.8) is 0 Å². The molecule has 5 heteroatoms. The molecule has 1 aliphatic heterocycles. The van der Waals surface area contributed by atoms with Crippen LogP contribution in [0.3, 0.4) is 0 Å². The second-order valence-corrected chi connectivity index (χ2v) is 2.31. The van der Waals surface area contributed by atoms with E-state index in [-0.39, 0.29) is 5.76 Å². The van der Waals surface area contributed by atoms with Gasteiger partial charge in [0.05, 0.1) is 6.61 Å². The lowest BCUT2D eigenvalue weighted by Crippen LogP contribution is -2.31. The lowest BCUT2D eigenvalue weighted by Gasteiger charge is -2.09. The zero-order chi connectivity index (χ0) is 8.43. The summed E-state index contributed by atoms with van der Waals surface area (Å²) in [7, 11) is 0. The van der Waals surface area contributed by atoms with E-state index in [1.807, 2.05) is 0 Å². The number of hydrogen-bond donors (Lipinski definition) is 4. The third kappa shape index (κ3) is 1.30. The Labute approximate surface area is 63.2 Å². The first-order valence-electron chi connectivity index (χ1n) is 3.18. The maximum Gasteiger partial charge on any atom is 0.162 e. The summed E-state index contributed by atoms with van der Waals surface area (Å²) < 4.78 is 4.75. The quantitative estimate of drug-likeness (QED) is 0.352. The second-order valence-electron chi connectivity index (χ2n) is 2.31. The Morgan fingerprint density at radius 1 is 1.45 bits per heavy atom. The van der Waals surface area contributed by atoms with E-state index >= 15 is 0 Å². The average Bonchev–Trinajstić information content (AvgIpc) is 2.30. The van der Waals surface area contributed by atoms with Gasteiger partial charge in [0.2, 0.25) is 0 Å². The third-order valence-corrected chi connectivity index (χ3v) is 1.59. The first kappa shape index (κ1) is 8.32. The van der Waals surface area contributed by atoms with Crippen LogP contribution in [0, 0.1) is 0 Å². The minimum atomic E-state index is -1.24. The van der Waals surface area contributed by atoms with E-state index < -0.39 is 24.9 Å². The minimum Gasteiger partial charge on any atom is -0.512 e. The van der Waals surface area contributed by atoms with E-state index in [0.717, 1.165) is 0 Å². The molecule has 1 aliphatic rings. The van der Waals surface area contributed by atoms with Gasteiger partial charge in [-0.05, 0) is 0 Å². The van der Waals surface area contributed by atoms with Gasteiger partial charge in [0.25, 0.3) is 0 Å². The van der Waals surface area contributed by atoms with Crippen LogP contribution in [0.25, 0.3) is 0 Å². The van der Waals surface area contributed by atoms with Gasteiger partial charge in [0.1, 0.15) is 18.5 Å². The van der Waals surface area contributed by atoms with E-state index in [1.54, 1.807) is 0 Å². The molecule has 1 heterocycles. The Kier molecular flexibility index (Phi) is 2.33. The molecule has 1 saturated heterocycles. The van der Waals surface area contributed by atoms with E-state index in [0.29, 0.717) is 6.26 Å². The predicted molar refractivity (Wildman–Crippen MR) is 34.7 cm³/mol. The van der Waals surface area contributed by atoms with Crippen LogP contribution in [0.1, 0.15) is 0 Å². The fourth-order valence-electron chi connectivity index (χ4n) is 0.938. The summed E-state index contributed by atoms with van der Waals surface area (Å²) in [5.41, 5.74) is 0. The highest BCUT2D eigenvalue weighted by molar-refractivity contribution is 5.07. The third-order valence-electron chi connectivity index (χ3n) is 1.59. The number of rotatable bonds is 1. The molecule has 0 radical (unpaired) electrons. The van der Waals surface area contributed by atoms with Crippen molar-refractivity contribution in [3.8, 4) is 0 Å². The highest BCUT2D eigenvalue weighted by Gasteiger charge is 2.39. The number of hydrogen-bond acceptors (Lipinski definition) is 5. The maximum atomic E-state index is 9.07. The Bertz CT molecular complexity index is 166. The second kappa shape index (κ2) is 3.08. The summed E-state index contributed by atoms with van der Waals surface area (Å²) in [6, 6.07) is 0. The molecule has 64 valence electrons. The molecule has 0 saturated carbocycles. The molecule has 1 fully saturated rings. The highest BCUT2D eigenvalue weighted by Crippen LogP contribution is 2.23. The van der Waals surface area contributed by atoms with Crippen molar-refractivity contribution >= 4 is 0 Å². The van der Waals surface area contributed by atoms with Crippen LogP contribution in [-0.2, 0) is 4.74 Å². The van der Waals surface area contributed by atoms with E-state index in [4.69, 9.17) is 25.2 Å². The molecule has 11 heavy (non-hydrogen) atoms. The zero-order valence-corrected chi connectivity index (χ0v) is 5.71. The largest absolute Gasteiger partial charge is 0.512 e. The van der Waals surface area contributed by atoms with Crippen molar-refractivity contribution in [3.05, 3.63) is 12.0 Å². The molecule has 1 rings (SSSR count). The van der Waals surface area contributed by atoms with Crippen molar-refractivity contribution in [2.45, 2.75) is 18.3 Å². The maximum absolute atomic E-state index is 9.07. The molecule has 0 amide bonds. The van der Waals surface area contributed by atoms with Gasteiger partial charge in [-0.1, -0.05) is 0 Å². The molecular formula is C6H10O5. The van der Waals surface area contributed by atoms with Crippen LogP contribution in [-0.4, -0.2) is 45.3 Å². The lowest BCUT2D eigenvalue weighted by atomic mass is 10.1. The van der Waals surface area contributed by atoms with Gasteiger partial charge >= 0.3 is 0 Å². The molecule has 3 atom stereocenters. The molecule has 5 nitrogen and oxygen atoms in total. The predicted octanol–water partition coefficient (Wildman–Crippen LogP) is -1.50. The van der Waals surface area contributed by atoms with Gasteiger partial charge in [0.15, 0.2) is 11.9 Å². The summed E-state index contributed by atoms with van der Waals surface area (Å²) >= 11 is 0. The van der Waals surface area contributed by atoms with Gasteiger partial charge < -0.3 is 25.2 Å². The molecule has 0 bridgehead atoms. The molecule has 0 aromatic carbocycles. The van der Waals surface area contributed by atoms with Crippen LogP contribution in [0.4, 0.5) is 0 Å². The summed E-state index contributed by atoms with van der Waals surface area (Å²) in [5.74, 6) is -0.114. The summed E-state index contributed by atoms with van der Waals surface area (Å²) in [6.45, 7) is -0.393. The lowest BCUT2D eigenvalue weighted by molar-refractivity contribution is -0.00302. The van der Waals surface area contributed by atoms with E-state index in [9.17, 15) is 0 Å². The standard InChI is InChI=1S/C6H10O5/c7-1-3-5(9)6(10)4(2-8)11-3/h1,4-10H,2H2/t4-,5-,6-/m1/s1. The Hall–Kier alpha value is -0.780. The molecular weight excluding hydrogens is 152 g/mol. The zero-order valence-electron chi connectivity index (χ0n) is 5.71. The first-order chi connectivity index (χ1) is 5.20. The fourth-order valence-corrected chi connectivity index (χ4v) is 0.938. The number of ether oxygens (including phenoxy) is 1. The van der Waals surface area contributed by atoms with Crippen LogP contribution in [0.5, 0.6) is 0 Å². The number of aliphatic hydroxyl groups is 4. The van der Waals surface area contributed by atoms with Crippen molar-refractivity contribution in [2.24, 2.45) is 0 Å².